The van der Waals surface area contributed by atoms with E-state index in [0.717, 1.165) is 16.4 Å². The zero-order valence-corrected chi connectivity index (χ0v) is 16.2. The highest BCUT2D eigenvalue weighted by Gasteiger charge is 2.15. The summed E-state index contributed by atoms with van der Waals surface area (Å²) < 4.78 is 12.6. The fourth-order valence-electron chi connectivity index (χ4n) is 3.37. The molecule has 0 unspecified atom stereocenters. The second-order valence-electron chi connectivity index (χ2n) is 6.51. The number of benzene rings is 2. The quantitative estimate of drug-likeness (QED) is 0.488. The summed E-state index contributed by atoms with van der Waals surface area (Å²) in [6.07, 6.45) is 1.39. The molecule has 1 amide bonds. The van der Waals surface area contributed by atoms with Crippen LogP contribution in [0.15, 0.2) is 63.4 Å². The summed E-state index contributed by atoms with van der Waals surface area (Å²) in [5.74, 6) is 0.147. The third kappa shape index (κ3) is 2.94. The van der Waals surface area contributed by atoms with Gasteiger partial charge in [0.2, 0.25) is 5.91 Å². The number of methoxy groups -OCH3 is 1. The molecule has 0 bridgehead atoms. The molecule has 0 saturated heterocycles. The Labute approximate surface area is 168 Å². The van der Waals surface area contributed by atoms with Crippen LogP contribution in [0.25, 0.3) is 32.2 Å². The van der Waals surface area contributed by atoms with Crippen LogP contribution in [-0.2, 0) is 11.3 Å². The Kier molecular flexibility index (Phi) is 4.06. The monoisotopic (exact) mass is 405 g/mol. The molecule has 2 aromatic carbocycles. The van der Waals surface area contributed by atoms with Gasteiger partial charge >= 0.3 is 0 Å². The first-order valence-corrected chi connectivity index (χ1v) is 9.74. The Hall–Kier alpha value is -3.65. The van der Waals surface area contributed by atoms with Gasteiger partial charge in [-0.3, -0.25) is 14.2 Å². The highest BCUT2D eigenvalue weighted by molar-refractivity contribution is 7.16. The molecule has 0 atom stereocenters. The molecule has 0 spiro atoms. The molecule has 0 fully saturated rings. The van der Waals surface area contributed by atoms with Gasteiger partial charge in [-0.1, -0.05) is 18.2 Å². The molecule has 7 nitrogen and oxygen atoms in total. The van der Waals surface area contributed by atoms with Crippen molar-refractivity contribution < 1.29 is 13.9 Å². The third-order valence-electron chi connectivity index (χ3n) is 4.74. The van der Waals surface area contributed by atoms with Gasteiger partial charge in [0.25, 0.3) is 5.56 Å². The molecule has 0 aliphatic heterocycles. The summed E-state index contributed by atoms with van der Waals surface area (Å²) in [5, 5.41) is 6.99. The number of thiophene rings is 1. The fourth-order valence-corrected chi connectivity index (χ4v) is 4.09. The molecule has 8 heteroatoms. The molecule has 0 radical (unpaired) electrons. The molecule has 0 aliphatic carbocycles. The molecule has 5 aromatic rings. The molecule has 144 valence electrons. The number of anilines is 1. The number of amides is 1. The molecular formula is C21H15N3O4S. The lowest BCUT2D eigenvalue weighted by Gasteiger charge is -2.11. The lowest BCUT2D eigenvalue weighted by Crippen LogP contribution is -2.27. The van der Waals surface area contributed by atoms with Crippen molar-refractivity contribution in [2.24, 2.45) is 0 Å². The van der Waals surface area contributed by atoms with Gasteiger partial charge in [0.1, 0.15) is 28.3 Å². The lowest BCUT2D eigenvalue weighted by molar-refractivity contribution is -0.116. The van der Waals surface area contributed by atoms with E-state index in [1.807, 2.05) is 30.3 Å². The molecule has 0 aliphatic rings. The Morgan fingerprint density at radius 2 is 2.03 bits per heavy atom. The second-order valence-corrected chi connectivity index (χ2v) is 7.41. The van der Waals surface area contributed by atoms with E-state index < -0.39 is 0 Å². The number of fused-ring (bicyclic) bond motifs is 4. The first-order chi connectivity index (χ1) is 14.1. The fraction of sp³-hybridized carbons (Fsp3) is 0.0952. The predicted octanol–water partition coefficient (Wildman–Crippen LogP) is 4.00. The van der Waals surface area contributed by atoms with Crippen LogP contribution in [0.4, 0.5) is 5.69 Å². The number of hydrogen-bond donors (Lipinski definition) is 1. The van der Waals surface area contributed by atoms with E-state index in [4.69, 9.17) is 9.15 Å². The average Bonchev–Trinajstić information content (AvgIpc) is 3.34. The summed E-state index contributed by atoms with van der Waals surface area (Å²) in [7, 11) is 1.54. The molecule has 5 rings (SSSR count). The number of carbonyl (C=O) groups excluding carboxylic acids is 1. The van der Waals surface area contributed by atoms with Crippen molar-refractivity contribution in [1.29, 1.82) is 0 Å². The second kappa shape index (κ2) is 6.75. The number of para-hydroxylation sites is 1. The van der Waals surface area contributed by atoms with Crippen LogP contribution in [0.5, 0.6) is 5.75 Å². The van der Waals surface area contributed by atoms with Gasteiger partial charge < -0.3 is 14.5 Å². The van der Waals surface area contributed by atoms with Gasteiger partial charge in [-0.05, 0) is 23.6 Å². The molecule has 0 saturated carbocycles. The smallest absolute Gasteiger partial charge is 0.262 e. The first kappa shape index (κ1) is 17.4. The van der Waals surface area contributed by atoms with E-state index in [2.05, 4.69) is 10.3 Å². The van der Waals surface area contributed by atoms with Gasteiger partial charge in [0, 0.05) is 16.8 Å². The van der Waals surface area contributed by atoms with E-state index in [1.165, 1.54) is 29.3 Å². The molecule has 1 N–H and O–H groups in total. The van der Waals surface area contributed by atoms with Crippen LogP contribution in [0.3, 0.4) is 0 Å². The molecular weight excluding hydrogens is 390 g/mol. The third-order valence-corrected chi connectivity index (χ3v) is 5.56. The van der Waals surface area contributed by atoms with Crippen molar-refractivity contribution in [2.45, 2.75) is 6.54 Å². The Morgan fingerprint density at radius 1 is 1.17 bits per heavy atom. The van der Waals surface area contributed by atoms with Crippen molar-refractivity contribution in [3.8, 4) is 5.75 Å². The number of rotatable bonds is 4. The number of ether oxygens (including phenoxy) is 1. The molecule has 3 aromatic heterocycles. The van der Waals surface area contributed by atoms with Crippen molar-refractivity contribution in [3.05, 3.63) is 64.5 Å². The van der Waals surface area contributed by atoms with Crippen LogP contribution >= 0.6 is 11.3 Å². The summed E-state index contributed by atoms with van der Waals surface area (Å²) in [4.78, 5) is 30.0. The topological polar surface area (TPSA) is 86.4 Å². The summed E-state index contributed by atoms with van der Waals surface area (Å²) >= 11 is 1.39. The number of carbonyl (C=O) groups is 1. The van der Waals surface area contributed by atoms with Crippen molar-refractivity contribution in [2.75, 3.05) is 12.4 Å². The number of hydrogen-bond acceptors (Lipinski definition) is 6. The maximum Gasteiger partial charge on any atom is 0.262 e. The van der Waals surface area contributed by atoms with Crippen LogP contribution < -0.4 is 15.6 Å². The number of nitrogens with one attached hydrogen (secondary N) is 1. The molecule has 29 heavy (non-hydrogen) atoms. The van der Waals surface area contributed by atoms with E-state index >= 15 is 0 Å². The van der Waals surface area contributed by atoms with E-state index in [-0.39, 0.29) is 18.0 Å². The van der Waals surface area contributed by atoms with E-state index in [1.54, 1.807) is 17.5 Å². The highest BCUT2D eigenvalue weighted by atomic mass is 32.1. The van der Waals surface area contributed by atoms with Gasteiger partial charge in [-0.15, -0.1) is 11.3 Å². The number of furan rings is 1. The van der Waals surface area contributed by atoms with Gasteiger partial charge in [0.15, 0.2) is 0 Å². The Morgan fingerprint density at radius 3 is 2.90 bits per heavy atom. The highest BCUT2D eigenvalue weighted by Crippen LogP contribution is 2.36. The van der Waals surface area contributed by atoms with Crippen LogP contribution in [0.1, 0.15) is 0 Å². The Bertz CT molecular complexity index is 1450. The largest absolute Gasteiger partial charge is 0.495 e. The van der Waals surface area contributed by atoms with Gasteiger partial charge in [0.05, 0.1) is 24.5 Å². The SMILES string of the molecule is COc1cc2c(cc1NC(=O)Cn1cnc3sccc3c1=O)oc1ccccc12. The summed E-state index contributed by atoms with van der Waals surface area (Å²) in [6.45, 7) is -0.154. The minimum absolute atomic E-state index is 0.154. The first-order valence-electron chi connectivity index (χ1n) is 8.86. The molecule has 3 heterocycles. The van der Waals surface area contributed by atoms with Gasteiger partial charge in [-0.25, -0.2) is 4.98 Å². The predicted molar refractivity (Wildman–Crippen MR) is 113 cm³/mol. The van der Waals surface area contributed by atoms with Crippen LogP contribution in [0.2, 0.25) is 0 Å². The minimum Gasteiger partial charge on any atom is -0.495 e. The minimum atomic E-state index is -0.364. The van der Waals surface area contributed by atoms with Crippen molar-refractivity contribution >= 4 is 55.1 Å². The maximum atomic E-state index is 12.6. The summed E-state index contributed by atoms with van der Waals surface area (Å²) in [5.41, 5.74) is 1.63. The number of nitrogens with zero attached hydrogens (tertiary/aromatic N) is 2. The lowest BCUT2D eigenvalue weighted by atomic mass is 10.1. The average molecular weight is 405 g/mol. The van der Waals surface area contributed by atoms with Gasteiger partial charge in [-0.2, -0.15) is 0 Å². The van der Waals surface area contributed by atoms with E-state index in [9.17, 15) is 9.59 Å². The van der Waals surface area contributed by atoms with Crippen LogP contribution in [-0.4, -0.2) is 22.6 Å². The van der Waals surface area contributed by atoms with Crippen molar-refractivity contribution in [3.63, 3.8) is 0 Å². The Balaban J connectivity index is 1.48. The maximum absolute atomic E-state index is 12.6. The normalized spacial score (nSPS) is 11.3. The van der Waals surface area contributed by atoms with Crippen molar-refractivity contribution in [1.82, 2.24) is 9.55 Å². The zero-order chi connectivity index (χ0) is 20.0. The number of aromatic nitrogens is 2. The standard InChI is InChI=1S/C21H15N3O4S/c1-27-18-8-14-12-4-2-3-5-16(12)28-17(14)9-15(18)23-19(25)10-24-11-22-20-13(21(24)26)6-7-29-20/h2-9,11H,10H2,1H3,(H,23,25). The van der Waals surface area contributed by atoms with Crippen LogP contribution in [0, 0.1) is 0 Å². The zero-order valence-electron chi connectivity index (χ0n) is 15.3. The van der Waals surface area contributed by atoms with E-state index in [0.29, 0.717) is 27.2 Å². The summed E-state index contributed by atoms with van der Waals surface area (Å²) in [6, 6.07) is 13.0.